The van der Waals surface area contributed by atoms with Gasteiger partial charge in [0, 0.05) is 13.1 Å². The monoisotopic (exact) mass is 159 g/mol. The van der Waals surface area contributed by atoms with Crippen LogP contribution in [0.5, 0.6) is 0 Å². The van der Waals surface area contributed by atoms with E-state index in [1.54, 1.807) is 0 Å². The number of hydrogen-bond donors (Lipinski definition) is 0. The van der Waals surface area contributed by atoms with Crippen molar-refractivity contribution in [2.75, 3.05) is 26.8 Å². The Bertz CT molecular complexity index is 115. The normalized spacial score (nSPS) is 40.9. The molecule has 2 rings (SSSR count). The van der Waals surface area contributed by atoms with E-state index in [-0.39, 0.29) is 6.67 Å². The van der Waals surface area contributed by atoms with Crippen molar-refractivity contribution in [1.29, 1.82) is 0 Å². The summed E-state index contributed by atoms with van der Waals surface area (Å²) in [6, 6.07) is 0. The van der Waals surface area contributed by atoms with Crippen LogP contribution < -0.4 is 0 Å². The first-order valence-corrected chi connectivity index (χ1v) is 4.57. The Morgan fingerprint density at radius 3 is 2.09 bits per heavy atom. The third kappa shape index (κ3) is 1.56. The van der Waals surface area contributed by atoms with Crippen molar-refractivity contribution in [2.24, 2.45) is 17.8 Å². The largest absolute Gasteiger partial charge is 0.306 e. The van der Waals surface area contributed by atoms with Crippen molar-refractivity contribution >= 4 is 0 Å². The molecule has 2 aliphatic rings. The highest BCUT2D eigenvalue weighted by atomic mass is 19.1. The lowest BCUT2D eigenvalue weighted by Crippen LogP contribution is -2.19. The fraction of sp³-hybridized carbons (Fsp3) is 1.00. The molecule has 66 valence electrons. The molecular formula is C9H18FN. The predicted octanol–water partition coefficient (Wildman–Crippen LogP) is 1.79. The summed E-state index contributed by atoms with van der Waals surface area (Å²) in [7, 11) is 2.11. The molecule has 2 atom stereocenters. The highest BCUT2D eigenvalue weighted by Crippen LogP contribution is 2.51. The first-order chi connectivity index (χ1) is 5.33. The van der Waals surface area contributed by atoms with Crippen LogP contribution in [0.25, 0.3) is 0 Å². The fourth-order valence-electron chi connectivity index (χ4n) is 2.09. The molecule has 0 spiro atoms. The van der Waals surface area contributed by atoms with E-state index in [0.29, 0.717) is 5.92 Å². The molecule has 0 aromatic heterocycles. The molecule has 0 radical (unpaired) electrons. The zero-order valence-corrected chi connectivity index (χ0v) is 7.68. The van der Waals surface area contributed by atoms with Crippen LogP contribution in [0.15, 0.2) is 0 Å². The minimum Gasteiger partial charge on any atom is -0.306 e. The Hall–Kier alpha value is -0.110. The van der Waals surface area contributed by atoms with Gasteiger partial charge in [-0.15, -0.1) is 0 Å². The Kier molecular flexibility index (Phi) is 2.88. The van der Waals surface area contributed by atoms with Crippen LogP contribution in [0.4, 0.5) is 4.39 Å². The standard InChI is InChI=1S/C7H12FN.C2H6/c1-9-3-6-5(2-8)7(6)4-9;1-2/h5-7H,2-4H2,1H3;1-2H3. The molecule has 11 heavy (non-hydrogen) atoms. The fourth-order valence-corrected chi connectivity index (χ4v) is 2.09. The summed E-state index contributed by atoms with van der Waals surface area (Å²) in [6.07, 6.45) is 0. The van der Waals surface area contributed by atoms with E-state index in [4.69, 9.17) is 0 Å². The van der Waals surface area contributed by atoms with Crippen LogP contribution in [0, 0.1) is 17.8 Å². The lowest BCUT2D eigenvalue weighted by atomic mass is 10.3. The number of halogens is 1. The van der Waals surface area contributed by atoms with Gasteiger partial charge in [-0.1, -0.05) is 13.8 Å². The zero-order chi connectivity index (χ0) is 8.43. The Labute approximate surface area is 68.6 Å². The van der Waals surface area contributed by atoms with Crippen molar-refractivity contribution in [3.63, 3.8) is 0 Å². The Morgan fingerprint density at radius 1 is 1.27 bits per heavy atom. The Morgan fingerprint density at radius 2 is 1.73 bits per heavy atom. The molecule has 2 unspecified atom stereocenters. The number of fused-ring (bicyclic) bond motifs is 1. The van der Waals surface area contributed by atoms with Crippen molar-refractivity contribution in [3.05, 3.63) is 0 Å². The van der Waals surface area contributed by atoms with Crippen molar-refractivity contribution < 1.29 is 4.39 Å². The van der Waals surface area contributed by atoms with Crippen molar-refractivity contribution in [1.82, 2.24) is 4.90 Å². The van der Waals surface area contributed by atoms with Crippen LogP contribution in [0.3, 0.4) is 0 Å². The van der Waals surface area contributed by atoms with E-state index < -0.39 is 0 Å². The summed E-state index contributed by atoms with van der Waals surface area (Å²) >= 11 is 0. The molecule has 1 aliphatic heterocycles. The average Bonchev–Trinajstić information content (AvgIpc) is 2.52. The smallest absolute Gasteiger partial charge is 0.0929 e. The van der Waals surface area contributed by atoms with Gasteiger partial charge in [0.25, 0.3) is 0 Å². The maximum absolute atomic E-state index is 12.0. The predicted molar refractivity (Wildman–Crippen MR) is 45.3 cm³/mol. The summed E-state index contributed by atoms with van der Waals surface area (Å²) in [5.41, 5.74) is 0. The molecule has 0 aromatic carbocycles. The van der Waals surface area contributed by atoms with Gasteiger partial charge in [-0.25, -0.2) is 0 Å². The number of alkyl halides is 1. The molecule has 1 aliphatic carbocycles. The topological polar surface area (TPSA) is 3.24 Å². The number of rotatable bonds is 1. The van der Waals surface area contributed by atoms with Gasteiger partial charge in [-0.2, -0.15) is 0 Å². The van der Waals surface area contributed by atoms with E-state index in [1.165, 1.54) is 0 Å². The lowest BCUT2D eigenvalue weighted by Gasteiger charge is -2.10. The molecular weight excluding hydrogens is 141 g/mol. The van der Waals surface area contributed by atoms with Crippen molar-refractivity contribution in [2.45, 2.75) is 13.8 Å². The maximum atomic E-state index is 12.0. The van der Waals surface area contributed by atoms with E-state index >= 15 is 0 Å². The molecule has 1 nitrogen and oxygen atoms in total. The van der Waals surface area contributed by atoms with Crippen molar-refractivity contribution in [3.8, 4) is 0 Å². The van der Waals surface area contributed by atoms with Gasteiger partial charge in [-0.3, -0.25) is 4.39 Å². The number of piperidine rings is 1. The molecule has 2 fully saturated rings. The molecule has 2 heteroatoms. The molecule has 1 saturated heterocycles. The average molecular weight is 159 g/mol. The molecule has 1 saturated carbocycles. The first-order valence-electron chi connectivity index (χ1n) is 4.57. The molecule has 0 bridgehead atoms. The SMILES string of the molecule is CC.CN1CC2C(CF)C2C1. The summed E-state index contributed by atoms with van der Waals surface area (Å²) in [6.45, 7) is 6.20. The van der Waals surface area contributed by atoms with Crippen LogP contribution >= 0.6 is 0 Å². The second-order valence-electron chi connectivity index (χ2n) is 3.37. The lowest BCUT2D eigenvalue weighted by molar-refractivity contribution is 0.315. The highest BCUT2D eigenvalue weighted by Gasteiger charge is 2.54. The van der Waals surface area contributed by atoms with E-state index in [9.17, 15) is 4.39 Å². The number of hydrogen-bond acceptors (Lipinski definition) is 1. The number of likely N-dealkylation sites (tertiary alicyclic amines) is 1. The van der Waals surface area contributed by atoms with E-state index in [2.05, 4.69) is 11.9 Å². The molecule has 0 amide bonds. The molecule has 0 N–H and O–H groups in total. The summed E-state index contributed by atoms with van der Waals surface area (Å²) in [4.78, 5) is 2.29. The van der Waals surface area contributed by atoms with Gasteiger partial charge in [0.15, 0.2) is 0 Å². The van der Waals surface area contributed by atoms with Gasteiger partial charge in [0.05, 0.1) is 6.67 Å². The minimum absolute atomic E-state index is 0.0802. The van der Waals surface area contributed by atoms with E-state index in [0.717, 1.165) is 24.9 Å². The maximum Gasteiger partial charge on any atom is 0.0929 e. The van der Waals surface area contributed by atoms with Gasteiger partial charge < -0.3 is 4.90 Å². The highest BCUT2D eigenvalue weighted by molar-refractivity contribution is 5.03. The van der Waals surface area contributed by atoms with Gasteiger partial charge in [0.1, 0.15) is 0 Å². The molecule has 0 aromatic rings. The second kappa shape index (κ2) is 3.53. The summed E-state index contributed by atoms with van der Waals surface area (Å²) in [5, 5.41) is 0. The minimum atomic E-state index is -0.0802. The summed E-state index contributed by atoms with van der Waals surface area (Å²) < 4.78 is 12.0. The third-order valence-electron chi connectivity index (χ3n) is 2.73. The van der Waals surface area contributed by atoms with E-state index in [1.807, 2.05) is 13.8 Å². The Balaban J connectivity index is 0.000000281. The zero-order valence-electron chi connectivity index (χ0n) is 7.68. The van der Waals surface area contributed by atoms with Crippen LogP contribution in [-0.2, 0) is 0 Å². The molecule has 1 heterocycles. The second-order valence-corrected chi connectivity index (χ2v) is 3.37. The van der Waals surface area contributed by atoms with Crippen LogP contribution in [-0.4, -0.2) is 31.7 Å². The van der Waals surface area contributed by atoms with Gasteiger partial charge in [0.2, 0.25) is 0 Å². The quantitative estimate of drug-likeness (QED) is 0.564. The third-order valence-corrected chi connectivity index (χ3v) is 2.73. The van der Waals surface area contributed by atoms with Crippen LogP contribution in [0.1, 0.15) is 13.8 Å². The first kappa shape index (κ1) is 8.98. The van der Waals surface area contributed by atoms with Crippen LogP contribution in [0.2, 0.25) is 0 Å². The van der Waals surface area contributed by atoms with Gasteiger partial charge in [-0.05, 0) is 24.8 Å². The number of nitrogens with zero attached hydrogens (tertiary/aromatic N) is 1. The summed E-state index contributed by atoms with van der Waals surface area (Å²) in [5.74, 6) is 1.89. The van der Waals surface area contributed by atoms with Gasteiger partial charge >= 0.3 is 0 Å².